The van der Waals surface area contributed by atoms with E-state index >= 15 is 0 Å². The van der Waals surface area contributed by atoms with Crippen LogP contribution in [0.5, 0.6) is 0 Å². The first kappa shape index (κ1) is 22.7. The van der Waals surface area contributed by atoms with Crippen molar-refractivity contribution in [3.63, 3.8) is 0 Å². The summed E-state index contributed by atoms with van der Waals surface area (Å²) >= 11 is 3.21. The third-order valence-electron chi connectivity index (χ3n) is 5.78. The number of carbonyl (C=O) groups is 1. The fourth-order valence-electron chi connectivity index (χ4n) is 4.11. The summed E-state index contributed by atoms with van der Waals surface area (Å²) in [4.78, 5) is 28.9. The third kappa shape index (κ3) is 4.34. The standard InChI is InChI=1S/C27H26N4OS2/c1-17-14-18(2)25-23(15-17)29-27(34-25)31(12-11-30(3)4)26(32)20-16-22(24-10-7-13-33-24)28-21-9-6-5-8-19(20)21/h5-10,13-16H,11-12H2,1-4H3. The molecule has 5 aromatic rings. The molecule has 2 aromatic carbocycles. The molecule has 0 radical (unpaired) electrons. The summed E-state index contributed by atoms with van der Waals surface area (Å²) in [5, 5.41) is 3.62. The van der Waals surface area contributed by atoms with Crippen molar-refractivity contribution in [2.75, 3.05) is 32.1 Å². The molecule has 0 bridgehead atoms. The molecule has 34 heavy (non-hydrogen) atoms. The molecular formula is C27H26N4OS2. The lowest BCUT2D eigenvalue weighted by molar-refractivity contribution is 0.0986. The molecule has 0 fully saturated rings. The van der Waals surface area contributed by atoms with Crippen molar-refractivity contribution in [1.82, 2.24) is 14.9 Å². The number of aryl methyl sites for hydroxylation is 2. The molecule has 3 heterocycles. The summed E-state index contributed by atoms with van der Waals surface area (Å²) in [6, 6.07) is 18.1. The van der Waals surface area contributed by atoms with Crippen LogP contribution in [0.3, 0.4) is 0 Å². The molecule has 0 atom stereocenters. The second kappa shape index (κ2) is 9.25. The van der Waals surface area contributed by atoms with E-state index in [9.17, 15) is 4.79 Å². The van der Waals surface area contributed by atoms with Crippen molar-refractivity contribution < 1.29 is 4.79 Å². The molecule has 5 rings (SSSR count). The van der Waals surface area contributed by atoms with Crippen molar-refractivity contribution in [2.24, 2.45) is 0 Å². The lowest BCUT2D eigenvalue weighted by Crippen LogP contribution is -2.37. The van der Waals surface area contributed by atoms with Gasteiger partial charge in [-0.1, -0.05) is 41.7 Å². The minimum absolute atomic E-state index is 0.0494. The predicted octanol–water partition coefficient (Wildman–Crippen LogP) is 6.40. The number of rotatable bonds is 6. The number of amides is 1. The largest absolute Gasteiger partial charge is 0.308 e. The molecule has 3 aromatic heterocycles. The second-order valence-electron chi connectivity index (χ2n) is 8.74. The van der Waals surface area contributed by atoms with E-state index in [-0.39, 0.29) is 5.91 Å². The minimum atomic E-state index is -0.0494. The van der Waals surface area contributed by atoms with Crippen LogP contribution < -0.4 is 4.90 Å². The van der Waals surface area contributed by atoms with E-state index in [2.05, 4.69) is 30.9 Å². The first-order valence-electron chi connectivity index (χ1n) is 11.2. The van der Waals surface area contributed by atoms with Crippen LogP contribution in [0.1, 0.15) is 21.5 Å². The Morgan fingerprint density at radius 3 is 2.53 bits per heavy atom. The maximum absolute atomic E-state index is 14.2. The van der Waals surface area contributed by atoms with Crippen LogP contribution in [-0.2, 0) is 0 Å². The zero-order chi connectivity index (χ0) is 23.8. The summed E-state index contributed by atoms with van der Waals surface area (Å²) < 4.78 is 1.13. The van der Waals surface area contributed by atoms with E-state index < -0.39 is 0 Å². The molecule has 1 amide bonds. The molecule has 0 spiro atoms. The van der Waals surface area contributed by atoms with E-state index in [0.29, 0.717) is 12.1 Å². The normalized spacial score (nSPS) is 11.6. The highest BCUT2D eigenvalue weighted by atomic mass is 32.1. The van der Waals surface area contributed by atoms with Crippen molar-refractivity contribution in [3.05, 3.63) is 76.7 Å². The first-order chi connectivity index (χ1) is 16.4. The van der Waals surface area contributed by atoms with E-state index in [1.807, 2.05) is 66.8 Å². The average molecular weight is 487 g/mol. The Labute approximate surface area is 207 Å². The molecule has 7 heteroatoms. The number of likely N-dealkylation sites (N-methyl/N-ethyl adjacent to an activating group) is 1. The monoisotopic (exact) mass is 486 g/mol. The van der Waals surface area contributed by atoms with Gasteiger partial charge in [0.25, 0.3) is 5.91 Å². The summed E-state index contributed by atoms with van der Waals surface area (Å²) in [6.45, 7) is 5.47. The maximum Gasteiger partial charge on any atom is 0.260 e. The molecule has 0 saturated carbocycles. The Kier molecular flexibility index (Phi) is 6.16. The Bertz CT molecular complexity index is 1490. The highest BCUT2D eigenvalue weighted by Gasteiger charge is 2.24. The predicted molar refractivity (Wildman–Crippen MR) is 144 cm³/mol. The molecular weight excluding hydrogens is 460 g/mol. The summed E-state index contributed by atoms with van der Waals surface area (Å²) in [6.07, 6.45) is 0. The van der Waals surface area contributed by atoms with E-state index in [1.54, 1.807) is 22.7 Å². The number of pyridine rings is 1. The van der Waals surface area contributed by atoms with Crippen LogP contribution in [0.15, 0.2) is 60.0 Å². The number of thiazole rings is 1. The molecule has 5 nitrogen and oxygen atoms in total. The van der Waals surface area contributed by atoms with Crippen LogP contribution in [0.25, 0.3) is 31.7 Å². The van der Waals surface area contributed by atoms with Gasteiger partial charge in [0.2, 0.25) is 0 Å². The number of fused-ring (bicyclic) bond motifs is 2. The Hall–Kier alpha value is -3.13. The van der Waals surface area contributed by atoms with Gasteiger partial charge in [0.1, 0.15) is 0 Å². The van der Waals surface area contributed by atoms with Gasteiger partial charge in [-0.05, 0) is 68.7 Å². The highest BCUT2D eigenvalue weighted by molar-refractivity contribution is 7.22. The van der Waals surface area contributed by atoms with Gasteiger partial charge in [-0.3, -0.25) is 9.69 Å². The zero-order valence-corrected chi connectivity index (χ0v) is 21.3. The van der Waals surface area contributed by atoms with Gasteiger partial charge >= 0.3 is 0 Å². The fraction of sp³-hybridized carbons (Fsp3) is 0.222. The van der Waals surface area contributed by atoms with Crippen molar-refractivity contribution in [2.45, 2.75) is 13.8 Å². The van der Waals surface area contributed by atoms with Crippen molar-refractivity contribution >= 4 is 54.8 Å². The Morgan fingerprint density at radius 2 is 1.76 bits per heavy atom. The molecule has 0 N–H and O–H groups in total. The average Bonchev–Trinajstić information content (AvgIpc) is 3.49. The Morgan fingerprint density at radius 1 is 0.941 bits per heavy atom. The van der Waals surface area contributed by atoms with Crippen LogP contribution in [0.2, 0.25) is 0 Å². The van der Waals surface area contributed by atoms with Gasteiger partial charge in [-0.2, -0.15) is 0 Å². The van der Waals surface area contributed by atoms with Crippen molar-refractivity contribution in [3.8, 4) is 10.6 Å². The molecule has 0 aliphatic carbocycles. The number of carbonyl (C=O) groups excluding carboxylic acids is 1. The number of benzene rings is 2. The van der Waals surface area contributed by atoms with Gasteiger partial charge in [-0.15, -0.1) is 11.3 Å². The quantitative estimate of drug-likeness (QED) is 0.279. The number of hydrogen-bond donors (Lipinski definition) is 0. The number of nitrogens with zero attached hydrogens (tertiary/aromatic N) is 4. The molecule has 0 aliphatic rings. The third-order valence-corrected chi connectivity index (χ3v) is 7.90. The number of anilines is 1. The van der Waals surface area contributed by atoms with Crippen LogP contribution in [0.4, 0.5) is 5.13 Å². The fourth-order valence-corrected chi connectivity index (χ4v) is 5.84. The van der Waals surface area contributed by atoms with Crippen molar-refractivity contribution in [1.29, 1.82) is 0 Å². The van der Waals surface area contributed by atoms with Gasteiger partial charge in [0.15, 0.2) is 5.13 Å². The van der Waals surface area contributed by atoms with Gasteiger partial charge in [0.05, 0.1) is 31.9 Å². The highest BCUT2D eigenvalue weighted by Crippen LogP contribution is 2.34. The van der Waals surface area contributed by atoms with Crippen LogP contribution in [-0.4, -0.2) is 48.0 Å². The van der Waals surface area contributed by atoms with Gasteiger partial charge < -0.3 is 4.90 Å². The topological polar surface area (TPSA) is 49.3 Å². The number of aromatic nitrogens is 2. The van der Waals surface area contributed by atoms with Gasteiger partial charge in [0, 0.05) is 18.5 Å². The van der Waals surface area contributed by atoms with Crippen LogP contribution in [0, 0.1) is 13.8 Å². The first-order valence-corrected chi connectivity index (χ1v) is 12.9. The van der Waals surface area contributed by atoms with E-state index in [0.717, 1.165) is 43.4 Å². The van der Waals surface area contributed by atoms with Gasteiger partial charge in [-0.25, -0.2) is 9.97 Å². The smallest absolute Gasteiger partial charge is 0.260 e. The molecule has 0 aliphatic heterocycles. The number of para-hydroxylation sites is 1. The van der Waals surface area contributed by atoms with Crippen LogP contribution >= 0.6 is 22.7 Å². The van der Waals surface area contributed by atoms with E-state index in [1.165, 1.54) is 11.1 Å². The minimum Gasteiger partial charge on any atom is -0.308 e. The van der Waals surface area contributed by atoms with E-state index in [4.69, 9.17) is 9.97 Å². The maximum atomic E-state index is 14.2. The lowest BCUT2D eigenvalue weighted by Gasteiger charge is -2.23. The lowest BCUT2D eigenvalue weighted by atomic mass is 10.1. The molecule has 172 valence electrons. The zero-order valence-electron chi connectivity index (χ0n) is 19.7. The summed E-state index contributed by atoms with van der Waals surface area (Å²) in [5.41, 5.74) is 5.60. The second-order valence-corrected chi connectivity index (χ2v) is 10.7. The Balaban J connectivity index is 1.66. The number of hydrogen-bond acceptors (Lipinski definition) is 6. The summed E-state index contributed by atoms with van der Waals surface area (Å²) in [5.74, 6) is -0.0494. The molecule has 0 saturated heterocycles. The molecule has 0 unspecified atom stereocenters. The summed E-state index contributed by atoms with van der Waals surface area (Å²) in [7, 11) is 4.04. The SMILES string of the molecule is Cc1cc(C)c2sc(N(CCN(C)C)C(=O)c3cc(-c4cccs4)nc4ccccc34)nc2c1. The number of thiophene rings is 1.